The molecule has 1 aromatic carbocycles. The molecule has 0 radical (unpaired) electrons. The number of anilines is 1. The molecule has 0 heterocycles. The summed E-state index contributed by atoms with van der Waals surface area (Å²) in [5.41, 5.74) is 6.91. The zero-order valence-corrected chi connectivity index (χ0v) is 13.2. The standard InChI is InChI=1S/C16H22N2O2S/c1-20-11-12-7-3-4-8-13(12)18-15(19)16(14(17)21)9-5-2-6-10-16/h3-4,7-8H,2,5-6,9-11H2,1H3,(H2,17,21)(H,18,19). The Balaban J connectivity index is 2.21. The quantitative estimate of drug-likeness (QED) is 0.821. The van der Waals surface area contributed by atoms with Crippen LogP contribution in [0.15, 0.2) is 24.3 Å². The summed E-state index contributed by atoms with van der Waals surface area (Å²) < 4.78 is 5.17. The van der Waals surface area contributed by atoms with Crippen LogP contribution >= 0.6 is 12.2 Å². The van der Waals surface area contributed by atoms with E-state index in [0.29, 0.717) is 11.6 Å². The van der Waals surface area contributed by atoms with E-state index in [1.807, 2.05) is 24.3 Å². The summed E-state index contributed by atoms with van der Waals surface area (Å²) in [5, 5.41) is 3.00. The maximum absolute atomic E-state index is 12.8. The van der Waals surface area contributed by atoms with E-state index < -0.39 is 5.41 Å². The van der Waals surface area contributed by atoms with Crippen molar-refractivity contribution in [1.29, 1.82) is 0 Å². The first kappa shape index (κ1) is 15.9. The topological polar surface area (TPSA) is 64.3 Å². The SMILES string of the molecule is COCc1ccccc1NC(=O)C1(C(N)=S)CCCCC1. The molecule has 1 aliphatic rings. The van der Waals surface area contributed by atoms with E-state index in [1.165, 1.54) is 0 Å². The molecule has 1 aromatic rings. The Bertz CT molecular complexity index is 525. The Morgan fingerprint density at radius 1 is 1.33 bits per heavy atom. The number of amides is 1. The van der Waals surface area contributed by atoms with Crippen molar-refractivity contribution in [2.45, 2.75) is 38.7 Å². The largest absolute Gasteiger partial charge is 0.392 e. The minimum absolute atomic E-state index is 0.0850. The summed E-state index contributed by atoms with van der Waals surface area (Å²) in [6, 6.07) is 7.63. The fourth-order valence-electron chi connectivity index (χ4n) is 2.91. The van der Waals surface area contributed by atoms with Gasteiger partial charge in [-0.1, -0.05) is 49.7 Å². The van der Waals surface area contributed by atoms with Crippen LogP contribution in [0.1, 0.15) is 37.7 Å². The van der Waals surface area contributed by atoms with Gasteiger partial charge in [-0.15, -0.1) is 0 Å². The smallest absolute Gasteiger partial charge is 0.237 e. The number of carbonyl (C=O) groups is 1. The highest BCUT2D eigenvalue weighted by Gasteiger charge is 2.42. The number of para-hydroxylation sites is 1. The Hall–Kier alpha value is -1.46. The van der Waals surface area contributed by atoms with Crippen molar-refractivity contribution in [3.63, 3.8) is 0 Å². The van der Waals surface area contributed by atoms with Crippen molar-refractivity contribution < 1.29 is 9.53 Å². The molecular weight excluding hydrogens is 284 g/mol. The zero-order valence-electron chi connectivity index (χ0n) is 12.4. The van der Waals surface area contributed by atoms with Crippen molar-refractivity contribution in [2.24, 2.45) is 11.1 Å². The summed E-state index contributed by atoms with van der Waals surface area (Å²) in [7, 11) is 1.64. The molecule has 21 heavy (non-hydrogen) atoms. The van der Waals surface area contributed by atoms with Crippen molar-refractivity contribution in [2.75, 3.05) is 12.4 Å². The third-order valence-electron chi connectivity index (χ3n) is 4.18. The summed E-state index contributed by atoms with van der Waals surface area (Å²) >= 11 is 5.20. The Morgan fingerprint density at radius 2 is 2.00 bits per heavy atom. The minimum atomic E-state index is -0.701. The maximum atomic E-state index is 12.8. The van der Waals surface area contributed by atoms with Gasteiger partial charge in [-0.3, -0.25) is 4.79 Å². The number of hydrogen-bond donors (Lipinski definition) is 2. The van der Waals surface area contributed by atoms with E-state index >= 15 is 0 Å². The van der Waals surface area contributed by atoms with Gasteiger partial charge >= 0.3 is 0 Å². The fourth-order valence-corrected chi connectivity index (χ4v) is 3.20. The minimum Gasteiger partial charge on any atom is -0.392 e. The number of nitrogens with two attached hydrogens (primary N) is 1. The fraction of sp³-hybridized carbons (Fsp3) is 0.500. The predicted octanol–water partition coefficient (Wildman–Crippen LogP) is 3.01. The number of thiocarbonyl (C=S) groups is 1. The van der Waals surface area contributed by atoms with Gasteiger partial charge in [0, 0.05) is 18.4 Å². The van der Waals surface area contributed by atoms with Gasteiger partial charge in [-0.25, -0.2) is 0 Å². The molecule has 2 rings (SSSR count). The van der Waals surface area contributed by atoms with Crippen LogP contribution in [0.3, 0.4) is 0 Å². The van der Waals surface area contributed by atoms with Crippen LogP contribution in [-0.4, -0.2) is 18.0 Å². The number of benzene rings is 1. The van der Waals surface area contributed by atoms with Gasteiger partial charge < -0.3 is 15.8 Å². The zero-order chi connectivity index (χ0) is 15.3. The first-order chi connectivity index (χ1) is 10.1. The lowest BCUT2D eigenvalue weighted by Crippen LogP contribution is -2.47. The van der Waals surface area contributed by atoms with E-state index in [0.717, 1.165) is 43.4 Å². The average molecular weight is 306 g/mol. The Kier molecular flexibility index (Phi) is 5.31. The van der Waals surface area contributed by atoms with E-state index in [4.69, 9.17) is 22.7 Å². The number of methoxy groups -OCH3 is 1. The number of carbonyl (C=O) groups excluding carboxylic acids is 1. The molecule has 0 atom stereocenters. The first-order valence-electron chi connectivity index (χ1n) is 7.28. The predicted molar refractivity (Wildman–Crippen MR) is 88.1 cm³/mol. The third kappa shape index (κ3) is 3.41. The van der Waals surface area contributed by atoms with Crippen LogP contribution in [0.4, 0.5) is 5.69 Å². The second-order valence-corrected chi connectivity index (χ2v) is 5.99. The second kappa shape index (κ2) is 7.00. The third-order valence-corrected chi connectivity index (χ3v) is 4.57. The van der Waals surface area contributed by atoms with Gasteiger partial charge in [0.1, 0.15) is 0 Å². The molecule has 114 valence electrons. The molecule has 1 amide bonds. The molecule has 1 aliphatic carbocycles. The van der Waals surface area contributed by atoms with E-state index in [9.17, 15) is 4.79 Å². The Morgan fingerprint density at radius 3 is 2.62 bits per heavy atom. The maximum Gasteiger partial charge on any atom is 0.237 e. The normalized spacial score (nSPS) is 17.2. The molecule has 0 bridgehead atoms. The molecule has 1 fully saturated rings. The highest BCUT2D eigenvalue weighted by molar-refractivity contribution is 7.80. The number of nitrogens with one attached hydrogen (secondary N) is 1. The number of ether oxygens (including phenoxy) is 1. The molecular formula is C16H22N2O2S. The number of hydrogen-bond acceptors (Lipinski definition) is 3. The second-order valence-electron chi connectivity index (χ2n) is 5.55. The van der Waals surface area contributed by atoms with Crippen LogP contribution < -0.4 is 11.1 Å². The van der Waals surface area contributed by atoms with Gasteiger partial charge in [0.05, 0.1) is 17.0 Å². The summed E-state index contributed by atoms with van der Waals surface area (Å²) in [4.78, 5) is 13.1. The molecule has 3 N–H and O–H groups in total. The summed E-state index contributed by atoms with van der Waals surface area (Å²) in [6.45, 7) is 0.455. The van der Waals surface area contributed by atoms with Crippen molar-refractivity contribution in [3.05, 3.63) is 29.8 Å². The van der Waals surface area contributed by atoms with E-state index in [1.54, 1.807) is 7.11 Å². The molecule has 0 aromatic heterocycles. The van der Waals surface area contributed by atoms with Gasteiger partial charge in [-0.05, 0) is 18.9 Å². The Labute approximate surface area is 131 Å². The molecule has 4 nitrogen and oxygen atoms in total. The molecule has 0 spiro atoms. The van der Waals surface area contributed by atoms with Crippen LogP contribution in [0.2, 0.25) is 0 Å². The van der Waals surface area contributed by atoms with Crippen LogP contribution in [0.25, 0.3) is 0 Å². The summed E-state index contributed by atoms with van der Waals surface area (Å²) in [6.07, 6.45) is 4.59. The van der Waals surface area contributed by atoms with Crippen LogP contribution in [0, 0.1) is 5.41 Å². The van der Waals surface area contributed by atoms with Gasteiger partial charge in [-0.2, -0.15) is 0 Å². The molecule has 0 unspecified atom stereocenters. The molecule has 5 heteroatoms. The lowest BCUT2D eigenvalue weighted by atomic mass is 9.73. The first-order valence-corrected chi connectivity index (χ1v) is 7.69. The number of rotatable bonds is 5. The van der Waals surface area contributed by atoms with Crippen molar-refractivity contribution in [3.8, 4) is 0 Å². The lowest BCUT2D eigenvalue weighted by Gasteiger charge is -2.35. The van der Waals surface area contributed by atoms with Crippen LogP contribution in [0.5, 0.6) is 0 Å². The van der Waals surface area contributed by atoms with Gasteiger partial charge in [0.15, 0.2) is 0 Å². The average Bonchev–Trinajstić information content (AvgIpc) is 2.50. The van der Waals surface area contributed by atoms with E-state index in [-0.39, 0.29) is 5.91 Å². The molecule has 1 saturated carbocycles. The van der Waals surface area contributed by atoms with Gasteiger partial charge in [0.25, 0.3) is 0 Å². The monoisotopic (exact) mass is 306 g/mol. The van der Waals surface area contributed by atoms with E-state index in [2.05, 4.69) is 5.32 Å². The van der Waals surface area contributed by atoms with Crippen molar-refractivity contribution >= 4 is 28.8 Å². The summed E-state index contributed by atoms with van der Waals surface area (Å²) in [5.74, 6) is -0.0850. The van der Waals surface area contributed by atoms with Crippen LogP contribution in [-0.2, 0) is 16.1 Å². The molecule has 0 saturated heterocycles. The highest BCUT2D eigenvalue weighted by atomic mass is 32.1. The molecule has 0 aliphatic heterocycles. The van der Waals surface area contributed by atoms with Crippen molar-refractivity contribution in [1.82, 2.24) is 0 Å². The van der Waals surface area contributed by atoms with Gasteiger partial charge in [0.2, 0.25) is 5.91 Å². The highest BCUT2D eigenvalue weighted by Crippen LogP contribution is 2.38. The lowest BCUT2D eigenvalue weighted by molar-refractivity contribution is -0.123.